The van der Waals surface area contributed by atoms with Gasteiger partial charge >= 0.3 is 23.6 Å². The van der Waals surface area contributed by atoms with Gasteiger partial charge in [0.25, 0.3) is 0 Å². The second-order valence-corrected chi connectivity index (χ2v) is 9.19. The average Bonchev–Trinajstić information content (AvgIpc) is 2.54. The Morgan fingerprint density at radius 1 is 0.828 bits per heavy atom. The number of nitrogens with one attached hydrogen (secondary N) is 4. The lowest BCUT2D eigenvalue weighted by molar-refractivity contribution is -0.135. The second-order valence-electron chi connectivity index (χ2n) is 5.31. The van der Waals surface area contributed by atoms with Gasteiger partial charge in [-0.25, -0.2) is 26.3 Å². The molecule has 0 fully saturated rings. The van der Waals surface area contributed by atoms with Gasteiger partial charge in [0.05, 0.1) is 40.5 Å². The summed E-state index contributed by atoms with van der Waals surface area (Å²) in [5, 5.41) is 12.5. The van der Waals surface area contributed by atoms with Gasteiger partial charge in [-0.15, -0.1) is 0 Å². The monoisotopic (exact) mass is 465 g/mol. The lowest BCUT2D eigenvalue weighted by atomic mass is 10.1. The molecular formula is C13H12ClN5O8S2. The van der Waals surface area contributed by atoms with Crippen molar-refractivity contribution in [2.45, 2.75) is 0 Å². The number of anilines is 2. The summed E-state index contributed by atoms with van der Waals surface area (Å²) in [5.41, 5.74) is -0.941. The third-order valence-electron chi connectivity index (χ3n) is 2.67. The van der Waals surface area contributed by atoms with E-state index in [-0.39, 0.29) is 16.9 Å². The van der Waals surface area contributed by atoms with E-state index in [0.717, 1.165) is 12.1 Å². The van der Waals surface area contributed by atoms with E-state index in [0.29, 0.717) is 12.5 Å². The van der Waals surface area contributed by atoms with Crippen LogP contribution in [0.2, 0.25) is 5.02 Å². The van der Waals surface area contributed by atoms with Crippen molar-refractivity contribution in [3.05, 3.63) is 22.7 Å². The van der Waals surface area contributed by atoms with E-state index >= 15 is 0 Å². The molecule has 0 atom stereocenters. The van der Waals surface area contributed by atoms with Gasteiger partial charge in [-0.3, -0.25) is 19.2 Å². The summed E-state index contributed by atoms with van der Waals surface area (Å²) in [4.78, 5) is 46.6. The molecule has 0 aromatic heterocycles. The molecule has 1 rings (SSSR count). The molecule has 0 bridgehead atoms. The number of nitriles is 1. The van der Waals surface area contributed by atoms with Crippen molar-refractivity contribution in [2.24, 2.45) is 0 Å². The minimum absolute atomic E-state index is 0.188. The molecule has 0 aliphatic carbocycles. The minimum atomic E-state index is -4.03. The summed E-state index contributed by atoms with van der Waals surface area (Å²) in [5.74, 6) is -6.02. The molecule has 0 aliphatic rings. The summed E-state index contributed by atoms with van der Waals surface area (Å²) < 4.78 is 46.8. The Hall–Kier alpha value is -3.22. The second kappa shape index (κ2) is 8.86. The van der Waals surface area contributed by atoms with Crippen molar-refractivity contribution in [2.75, 3.05) is 23.1 Å². The van der Waals surface area contributed by atoms with Crippen LogP contribution >= 0.6 is 11.6 Å². The SMILES string of the molecule is CS(=O)(=O)NC(=O)C(=O)Nc1cc(C#N)cc(NC(=O)C(=O)NS(C)(=O)=O)c1Cl. The van der Waals surface area contributed by atoms with Gasteiger partial charge in [-0.1, -0.05) is 11.6 Å². The van der Waals surface area contributed by atoms with Crippen molar-refractivity contribution in [1.82, 2.24) is 9.44 Å². The zero-order valence-electron chi connectivity index (χ0n) is 14.6. The minimum Gasteiger partial charge on any atom is -0.316 e. The number of hydrogen-bond acceptors (Lipinski definition) is 9. The number of sulfonamides is 2. The first-order chi connectivity index (χ1) is 13.1. The van der Waals surface area contributed by atoms with Crippen molar-refractivity contribution < 1.29 is 36.0 Å². The number of halogens is 1. The van der Waals surface area contributed by atoms with E-state index in [4.69, 9.17) is 16.9 Å². The summed E-state index contributed by atoms with van der Waals surface area (Å²) in [7, 11) is -8.06. The van der Waals surface area contributed by atoms with Crippen LogP contribution in [0.25, 0.3) is 0 Å². The summed E-state index contributed by atoms with van der Waals surface area (Å²) in [6, 6.07) is 3.66. The molecule has 4 amide bonds. The Kier molecular flexibility index (Phi) is 7.27. The van der Waals surface area contributed by atoms with Crippen LogP contribution in [0, 0.1) is 11.3 Å². The summed E-state index contributed by atoms with van der Waals surface area (Å²) >= 11 is 5.96. The van der Waals surface area contributed by atoms with Gasteiger partial charge in [0.15, 0.2) is 0 Å². The van der Waals surface area contributed by atoms with Crippen LogP contribution in [0.5, 0.6) is 0 Å². The zero-order valence-corrected chi connectivity index (χ0v) is 17.0. The fraction of sp³-hybridized carbons (Fsp3) is 0.154. The van der Waals surface area contributed by atoms with Crippen molar-refractivity contribution in [1.29, 1.82) is 5.26 Å². The van der Waals surface area contributed by atoms with E-state index in [2.05, 4.69) is 0 Å². The smallest absolute Gasteiger partial charge is 0.316 e. The number of amides is 4. The number of rotatable bonds is 4. The highest BCUT2D eigenvalue weighted by molar-refractivity contribution is 7.89. The third kappa shape index (κ3) is 7.73. The molecule has 1 aromatic carbocycles. The predicted molar refractivity (Wildman–Crippen MR) is 99.4 cm³/mol. The molecule has 0 aliphatic heterocycles. The topological polar surface area (TPSA) is 208 Å². The van der Waals surface area contributed by atoms with Crippen molar-refractivity contribution in [3.8, 4) is 6.07 Å². The maximum Gasteiger partial charge on any atom is 0.323 e. The molecule has 156 valence electrons. The van der Waals surface area contributed by atoms with Crippen LogP contribution in [0.1, 0.15) is 5.56 Å². The van der Waals surface area contributed by atoms with Crippen LogP contribution in [-0.2, 0) is 39.2 Å². The van der Waals surface area contributed by atoms with Gasteiger partial charge in [-0.2, -0.15) is 5.26 Å². The molecular weight excluding hydrogens is 454 g/mol. The van der Waals surface area contributed by atoms with E-state index in [1.165, 1.54) is 9.44 Å². The third-order valence-corrected chi connectivity index (χ3v) is 4.19. The molecule has 0 heterocycles. The van der Waals surface area contributed by atoms with Crippen LogP contribution in [0.4, 0.5) is 11.4 Å². The molecule has 16 heteroatoms. The number of hydrogen-bond donors (Lipinski definition) is 4. The molecule has 0 unspecified atom stereocenters. The maximum absolute atomic E-state index is 11.8. The highest BCUT2D eigenvalue weighted by atomic mass is 35.5. The molecule has 1 aromatic rings. The van der Waals surface area contributed by atoms with Gasteiger partial charge in [0, 0.05) is 0 Å². The summed E-state index contributed by atoms with van der Waals surface area (Å²) in [6.07, 6.45) is 1.27. The summed E-state index contributed by atoms with van der Waals surface area (Å²) in [6.45, 7) is 0. The Balaban J connectivity index is 3.16. The van der Waals surface area contributed by atoms with E-state index < -0.39 is 48.7 Å². The van der Waals surface area contributed by atoms with Crippen LogP contribution < -0.4 is 20.1 Å². The van der Waals surface area contributed by atoms with E-state index in [1.54, 1.807) is 6.07 Å². The Bertz CT molecular complexity index is 1070. The van der Waals surface area contributed by atoms with Crippen LogP contribution in [0.15, 0.2) is 12.1 Å². The lowest BCUT2D eigenvalue weighted by Gasteiger charge is -2.12. The normalized spacial score (nSPS) is 11.0. The van der Waals surface area contributed by atoms with Gasteiger partial charge in [-0.05, 0) is 12.1 Å². The Morgan fingerprint density at radius 3 is 1.45 bits per heavy atom. The number of nitrogens with zero attached hydrogens (tertiary/aromatic N) is 1. The molecule has 0 saturated carbocycles. The number of carbonyl (C=O) groups is 4. The molecule has 0 spiro atoms. The Morgan fingerprint density at radius 2 is 1.17 bits per heavy atom. The fourth-order valence-corrected chi connectivity index (χ4v) is 2.72. The zero-order chi connectivity index (χ0) is 22.6. The quantitative estimate of drug-likeness (QED) is 0.370. The van der Waals surface area contributed by atoms with Gasteiger partial charge < -0.3 is 10.6 Å². The van der Waals surface area contributed by atoms with Crippen molar-refractivity contribution >= 4 is 66.7 Å². The molecule has 29 heavy (non-hydrogen) atoms. The highest BCUT2D eigenvalue weighted by Gasteiger charge is 2.23. The average molecular weight is 466 g/mol. The van der Waals surface area contributed by atoms with Crippen molar-refractivity contribution in [3.63, 3.8) is 0 Å². The van der Waals surface area contributed by atoms with E-state index in [1.807, 2.05) is 10.6 Å². The first-order valence-corrected chi connectivity index (χ1v) is 11.2. The fourth-order valence-electron chi connectivity index (χ4n) is 1.66. The molecule has 4 N–H and O–H groups in total. The van der Waals surface area contributed by atoms with E-state index in [9.17, 15) is 36.0 Å². The predicted octanol–water partition coefficient (Wildman–Crippen LogP) is -1.76. The van der Waals surface area contributed by atoms with Crippen LogP contribution in [-0.4, -0.2) is 53.0 Å². The Labute approximate surface area is 169 Å². The molecule has 0 saturated heterocycles. The standard InChI is InChI=1S/C13H12ClN5O8S2/c1-28(24,25)18-12(22)10(20)16-7-3-6(5-15)4-8(9(7)14)17-11(21)13(23)19-29(2,26)27/h3-4H,1-2H3,(H,16,20)(H,17,21)(H,18,22)(H,19,23). The first-order valence-electron chi connectivity index (χ1n) is 7.03. The maximum atomic E-state index is 11.8. The largest absolute Gasteiger partial charge is 0.323 e. The van der Waals surface area contributed by atoms with Gasteiger partial charge in [0.1, 0.15) is 0 Å². The molecule has 0 radical (unpaired) electrons. The highest BCUT2D eigenvalue weighted by Crippen LogP contribution is 2.32. The lowest BCUT2D eigenvalue weighted by Crippen LogP contribution is -2.39. The first kappa shape index (κ1) is 23.8. The van der Waals surface area contributed by atoms with Gasteiger partial charge in [0.2, 0.25) is 20.0 Å². The molecule has 13 nitrogen and oxygen atoms in total. The number of carbonyl (C=O) groups excluding carboxylic acids is 4. The number of benzene rings is 1. The van der Waals surface area contributed by atoms with Crippen LogP contribution in [0.3, 0.4) is 0 Å².